The molecule has 0 spiro atoms. The Balaban J connectivity index is 2.01. The molecule has 0 saturated heterocycles. The van der Waals surface area contributed by atoms with Gasteiger partial charge in [0.1, 0.15) is 6.61 Å². The van der Waals surface area contributed by atoms with Crippen LogP contribution in [0, 0.1) is 0 Å². The number of nitrogens with one attached hydrogen (secondary N) is 1. The molecule has 0 aliphatic heterocycles. The van der Waals surface area contributed by atoms with Crippen LogP contribution < -0.4 is 0 Å². The minimum Gasteiger partial charge on any atom is -0.459 e. The Bertz CT molecular complexity index is 530. The van der Waals surface area contributed by atoms with Crippen LogP contribution in [0.2, 0.25) is 0 Å². The van der Waals surface area contributed by atoms with Gasteiger partial charge in [0.15, 0.2) is 0 Å². The zero-order valence-electron chi connectivity index (χ0n) is 9.12. The molecule has 4 nitrogen and oxygen atoms in total. The lowest BCUT2D eigenvalue weighted by Gasteiger charge is -2.05. The van der Waals surface area contributed by atoms with Gasteiger partial charge in [-0.1, -0.05) is 12.1 Å². The molecule has 1 heterocycles. The van der Waals surface area contributed by atoms with Crippen molar-refractivity contribution in [2.75, 3.05) is 6.61 Å². The van der Waals surface area contributed by atoms with E-state index in [4.69, 9.17) is 0 Å². The van der Waals surface area contributed by atoms with Crippen molar-refractivity contribution in [1.29, 1.82) is 0 Å². The van der Waals surface area contributed by atoms with Gasteiger partial charge in [0.25, 0.3) is 0 Å². The molecule has 1 aromatic heterocycles. The normalized spacial score (nSPS) is 11.7. The molecule has 0 amide bonds. The van der Waals surface area contributed by atoms with E-state index in [1.54, 1.807) is 24.3 Å². The summed E-state index contributed by atoms with van der Waals surface area (Å²) in [6, 6.07) is 6.87. The van der Waals surface area contributed by atoms with Gasteiger partial charge in [-0.25, -0.2) is 9.78 Å². The van der Waals surface area contributed by atoms with Crippen molar-refractivity contribution in [3.8, 4) is 0 Å². The highest BCUT2D eigenvalue weighted by Gasteiger charge is 2.27. The van der Waals surface area contributed by atoms with E-state index in [-0.39, 0.29) is 5.82 Å². The Kier molecular flexibility index (Phi) is 3.22. The van der Waals surface area contributed by atoms with Crippen LogP contribution in [-0.2, 0) is 4.74 Å². The van der Waals surface area contributed by atoms with Gasteiger partial charge in [0.2, 0.25) is 5.82 Å². The summed E-state index contributed by atoms with van der Waals surface area (Å²) in [6.45, 7) is -0.709. The van der Waals surface area contributed by atoms with Gasteiger partial charge < -0.3 is 9.72 Å². The quantitative estimate of drug-likeness (QED) is 0.861. The second-order valence-corrected chi connectivity index (χ2v) is 3.60. The van der Waals surface area contributed by atoms with Crippen LogP contribution in [0.1, 0.15) is 17.0 Å². The molecule has 0 aliphatic carbocycles. The summed E-state index contributed by atoms with van der Waals surface area (Å²) in [5, 5.41) is 0. The number of hydrogen-bond donors (Lipinski definition) is 1. The summed E-state index contributed by atoms with van der Waals surface area (Å²) in [7, 11) is 0. The largest absolute Gasteiger partial charge is 0.459 e. The number of alkyl halides is 3. The number of carbonyl (C=O) groups excluding carboxylic acids is 1. The number of para-hydroxylation sites is 2. The highest BCUT2D eigenvalue weighted by atomic mass is 19.4. The molecule has 0 unspecified atom stereocenters. The van der Waals surface area contributed by atoms with Crippen LogP contribution in [0.4, 0.5) is 13.2 Å². The molecular weight excluding hydrogens is 249 g/mol. The molecule has 96 valence electrons. The molecule has 1 aromatic carbocycles. The van der Waals surface area contributed by atoms with Crippen molar-refractivity contribution in [2.45, 2.75) is 12.6 Å². The lowest BCUT2D eigenvalue weighted by molar-refractivity contribution is -0.141. The van der Waals surface area contributed by atoms with Crippen molar-refractivity contribution < 1.29 is 22.7 Å². The Morgan fingerprint density at radius 2 is 2.06 bits per heavy atom. The Labute approximate surface area is 99.8 Å². The average Bonchev–Trinajstić information content (AvgIpc) is 2.70. The average molecular weight is 258 g/mol. The Hall–Kier alpha value is -2.05. The summed E-state index contributed by atoms with van der Waals surface area (Å²) >= 11 is 0. The minimum absolute atomic E-state index is 0.0987. The van der Waals surface area contributed by atoms with Crippen molar-refractivity contribution in [3.05, 3.63) is 30.1 Å². The summed E-state index contributed by atoms with van der Waals surface area (Å²) < 4.78 is 40.1. The highest BCUT2D eigenvalue weighted by molar-refractivity contribution is 5.90. The van der Waals surface area contributed by atoms with Gasteiger partial charge in [-0.3, -0.25) is 0 Å². The number of hydrogen-bond acceptors (Lipinski definition) is 3. The van der Waals surface area contributed by atoms with E-state index in [1.165, 1.54) is 0 Å². The van der Waals surface area contributed by atoms with E-state index >= 15 is 0 Å². The summed E-state index contributed by atoms with van der Waals surface area (Å²) in [4.78, 5) is 18.0. The number of halogens is 3. The topological polar surface area (TPSA) is 55.0 Å². The SMILES string of the molecule is O=C(OCCC(F)(F)F)c1nc2ccccc2[nH]1. The van der Waals surface area contributed by atoms with Gasteiger partial charge in [0.05, 0.1) is 17.5 Å². The van der Waals surface area contributed by atoms with Crippen molar-refractivity contribution in [2.24, 2.45) is 0 Å². The van der Waals surface area contributed by atoms with Gasteiger partial charge in [-0.15, -0.1) is 0 Å². The molecule has 0 fully saturated rings. The molecule has 1 N–H and O–H groups in total. The van der Waals surface area contributed by atoms with Gasteiger partial charge in [0, 0.05) is 0 Å². The molecule has 7 heteroatoms. The van der Waals surface area contributed by atoms with Crippen molar-refractivity contribution in [1.82, 2.24) is 9.97 Å². The molecule has 0 radical (unpaired) electrons. The van der Waals surface area contributed by atoms with E-state index in [0.717, 1.165) is 0 Å². The van der Waals surface area contributed by atoms with Gasteiger partial charge >= 0.3 is 12.1 Å². The fourth-order valence-corrected chi connectivity index (χ4v) is 1.38. The first-order valence-electron chi connectivity index (χ1n) is 5.14. The van der Waals surface area contributed by atoms with Crippen LogP contribution in [0.3, 0.4) is 0 Å². The van der Waals surface area contributed by atoms with E-state index in [9.17, 15) is 18.0 Å². The molecule has 0 saturated carbocycles. The maximum absolute atomic E-state index is 11.9. The summed E-state index contributed by atoms with van der Waals surface area (Å²) in [6.07, 6.45) is -5.51. The van der Waals surface area contributed by atoms with Crippen LogP contribution >= 0.6 is 0 Å². The molecule has 2 rings (SSSR count). The second kappa shape index (κ2) is 4.67. The number of benzene rings is 1. The van der Waals surface area contributed by atoms with Crippen LogP contribution in [0.15, 0.2) is 24.3 Å². The van der Waals surface area contributed by atoms with Gasteiger partial charge in [-0.05, 0) is 12.1 Å². The maximum Gasteiger partial charge on any atom is 0.392 e. The molecule has 0 aliphatic rings. The summed E-state index contributed by atoms with van der Waals surface area (Å²) in [5.74, 6) is -0.992. The minimum atomic E-state index is -4.34. The van der Waals surface area contributed by atoms with Crippen LogP contribution in [0.25, 0.3) is 11.0 Å². The van der Waals surface area contributed by atoms with E-state index in [1.807, 2.05) is 0 Å². The Morgan fingerprint density at radius 1 is 1.33 bits per heavy atom. The van der Waals surface area contributed by atoms with E-state index < -0.39 is 25.2 Å². The summed E-state index contributed by atoms with van der Waals surface area (Å²) in [5.41, 5.74) is 1.18. The zero-order valence-corrected chi connectivity index (χ0v) is 9.12. The Morgan fingerprint density at radius 3 is 2.72 bits per heavy atom. The van der Waals surface area contributed by atoms with E-state index in [2.05, 4.69) is 14.7 Å². The predicted molar refractivity (Wildman–Crippen MR) is 57.0 cm³/mol. The van der Waals surface area contributed by atoms with Gasteiger partial charge in [-0.2, -0.15) is 13.2 Å². The smallest absolute Gasteiger partial charge is 0.392 e. The first kappa shape index (κ1) is 12.4. The third kappa shape index (κ3) is 2.99. The fraction of sp³-hybridized carbons (Fsp3) is 0.273. The number of nitrogens with zero attached hydrogens (tertiary/aromatic N) is 1. The lowest BCUT2D eigenvalue weighted by atomic mass is 10.3. The van der Waals surface area contributed by atoms with Crippen molar-refractivity contribution in [3.63, 3.8) is 0 Å². The number of aromatic amines is 1. The van der Waals surface area contributed by atoms with Crippen LogP contribution in [0.5, 0.6) is 0 Å². The molecule has 0 atom stereocenters. The number of H-pyrrole nitrogens is 1. The molecule has 0 bridgehead atoms. The fourth-order valence-electron chi connectivity index (χ4n) is 1.38. The molecule has 18 heavy (non-hydrogen) atoms. The number of carbonyl (C=O) groups is 1. The molecule has 2 aromatic rings. The predicted octanol–water partition coefficient (Wildman–Crippen LogP) is 2.67. The number of rotatable bonds is 3. The zero-order chi connectivity index (χ0) is 13.2. The molecular formula is C11H9F3N2O2. The number of esters is 1. The third-order valence-corrected chi connectivity index (χ3v) is 2.20. The standard InChI is InChI=1S/C11H9F3N2O2/c12-11(13,14)5-6-18-10(17)9-15-7-3-1-2-4-8(7)16-9/h1-4H,5-6H2,(H,15,16). The highest BCUT2D eigenvalue weighted by Crippen LogP contribution is 2.19. The van der Waals surface area contributed by atoms with E-state index in [0.29, 0.717) is 11.0 Å². The van der Waals surface area contributed by atoms with Crippen molar-refractivity contribution >= 4 is 17.0 Å². The monoisotopic (exact) mass is 258 g/mol. The number of fused-ring (bicyclic) bond motifs is 1. The number of imidazole rings is 1. The lowest BCUT2D eigenvalue weighted by Crippen LogP contribution is -2.15. The first-order valence-corrected chi connectivity index (χ1v) is 5.14. The third-order valence-electron chi connectivity index (χ3n) is 2.20. The first-order chi connectivity index (χ1) is 8.46. The number of aromatic nitrogens is 2. The maximum atomic E-state index is 11.9. The van der Waals surface area contributed by atoms with Crippen LogP contribution in [-0.4, -0.2) is 28.7 Å². The second-order valence-electron chi connectivity index (χ2n) is 3.60. The number of ether oxygens (including phenoxy) is 1.